The van der Waals surface area contributed by atoms with E-state index < -0.39 is 5.60 Å². The van der Waals surface area contributed by atoms with E-state index in [0.29, 0.717) is 12.2 Å². The second-order valence-corrected chi connectivity index (χ2v) is 4.79. The monoisotopic (exact) mass is 240 g/mol. The second kappa shape index (κ2) is 11.7. The van der Waals surface area contributed by atoms with Crippen LogP contribution in [0.1, 0.15) is 72.6 Å². The Morgan fingerprint density at radius 2 is 1.82 bits per heavy atom. The number of carbonyl (C=O) groups excluding carboxylic acids is 1. The molecular formula is C15H28O2. The van der Waals surface area contributed by atoms with Gasteiger partial charge in [0.1, 0.15) is 5.78 Å². The Morgan fingerprint density at radius 3 is 2.12 bits per heavy atom. The maximum absolute atomic E-state index is 10.2. The number of carbonyl (C=O) groups is 1. The average Bonchev–Trinajstić information content (AvgIpc) is 2.24. The minimum absolute atomic E-state index is 0.307. The van der Waals surface area contributed by atoms with Gasteiger partial charge < -0.3 is 9.90 Å². The third-order valence-corrected chi connectivity index (χ3v) is 2.43. The first kappa shape index (κ1) is 18.6. The van der Waals surface area contributed by atoms with Crippen molar-refractivity contribution in [1.29, 1.82) is 0 Å². The highest BCUT2D eigenvalue weighted by Crippen LogP contribution is 2.16. The average molecular weight is 240 g/mol. The van der Waals surface area contributed by atoms with E-state index in [2.05, 4.69) is 19.8 Å². The molecule has 0 amide bonds. The van der Waals surface area contributed by atoms with E-state index in [9.17, 15) is 9.90 Å². The summed E-state index contributed by atoms with van der Waals surface area (Å²) in [7, 11) is 0. The Balaban J connectivity index is 0. The Morgan fingerprint density at radius 1 is 1.29 bits per heavy atom. The lowest BCUT2D eigenvalue weighted by Gasteiger charge is -2.19. The van der Waals surface area contributed by atoms with Crippen LogP contribution in [-0.4, -0.2) is 16.5 Å². The van der Waals surface area contributed by atoms with Crippen molar-refractivity contribution < 1.29 is 9.90 Å². The fraction of sp³-hybridized carbons (Fsp3) is 0.800. The molecule has 0 saturated carbocycles. The Kier molecular flexibility index (Phi) is 12.7. The molecule has 1 N–H and O–H groups in total. The molecule has 100 valence electrons. The zero-order valence-corrected chi connectivity index (χ0v) is 11.9. The number of ketones is 1. The molecule has 1 atom stereocenters. The molecule has 0 aromatic rings. The minimum atomic E-state index is -0.634. The lowest BCUT2D eigenvalue weighted by atomic mass is 9.96. The molecular weight excluding hydrogens is 212 g/mol. The maximum Gasteiger partial charge on any atom is 0.129 e. The SMILES string of the molecule is C#CCC(C)(O)CCCC.CCCCC(C)=O. The zero-order valence-electron chi connectivity index (χ0n) is 11.9. The molecule has 0 bridgehead atoms. The van der Waals surface area contributed by atoms with Gasteiger partial charge in [0, 0.05) is 12.8 Å². The largest absolute Gasteiger partial charge is 0.389 e. The van der Waals surface area contributed by atoms with Crippen molar-refractivity contribution in [3.8, 4) is 12.3 Å². The van der Waals surface area contributed by atoms with Crippen LogP contribution in [0.2, 0.25) is 0 Å². The van der Waals surface area contributed by atoms with Gasteiger partial charge in [0.05, 0.1) is 5.60 Å². The summed E-state index contributed by atoms with van der Waals surface area (Å²) in [5.41, 5.74) is -0.634. The number of unbranched alkanes of at least 4 members (excludes halogenated alkanes) is 2. The molecule has 0 aromatic heterocycles. The topological polar surface area (TPSA) is 37.3 Å². The van der Waals surface area contributed by atoms with Crippen molar-refractivity contribution in [3.05, 3.63) is 0 Å². The molecule has 0 saturated heterocycles. The molecule has 2 nitrogen and oxygen atoms in total. The summed E-state index contributed by atoms with van der Waals surface area (Å²) in [6.45, 7) is 7.62. The fourth-order valence-corrected chi connectivity index (χ4v) is 1.29. The predicted molar refractivity (Wildman–Crippen MR) is 73.8 cm³/mol. The van der Waals surface area contributed by atoms with Crippen LogP contribution in [0, 0.1) is 12.3 Å². The molecule has 0 aliphatic rings. The molecule has 0 aliphatic carbocycles. The summed E-state index contributed by atoms with van der Waals surface area (Å²) < 4.78 is 0. The first-order chi connectivity index (χ1) is 7.89. The molecule has 2 heteroatoms. The highest BCUT2D eigenvalue weighted by Gasteiger charge is 2.16. The van der Waals surface area contributed by atoms with E-state index in [-0.39, 0.29) is 0 Å². The van der Waals surface area contributed by atoms with E-state index >= 15 is 0 Å². The molecule has 0 heterocycles. The fourth-order valence-electron chi connectivity index (χ4n) is 1.29. The zero-order chi connectivity index (χ0) is 13.7. The lowest BCUT2D eigenvalue weighted by molar-refractivity contribution is -0.117. The van der Waals surface area contributed by atoms with E-state index in [1.165, 1.54) is 0 Å². The summed E-state index contributed by atoms with van der Waals surface area (Å²) in [4.78, 5) is 10.2. The molecule has 1 unspecified atom stereocenters. The van der Waals surface area contributed by atoms with Gasteiger partial charge in [0.15, 0.2) is 0 Å². The van der Waals surface area contributed by atoms with Crippen LogP contribution in [0.4, 0.5) is 0 Å². The number of Topliss-reactive ketones (excluding diaryl/α,β-unsaturated/α-hetero) is 1. The highest BCUT2D eigenvalue weighted by molar-refractivity contribution is 5.75. The summed E-state index contributed by atoms with van der Waals surface area (Å²) in [5, 5.41) is 9.50. The van der Waals surface area contributed by atoms with Crippen molar-refractivity contribution in [2.75, 3.05) is 0 Å². The van der Waals surface area contributed by atoms with Crippen LogP contribution in [0.15, 0.2) is 0 Å². The number of rotatable bonds is 7. The molecule has 0 fully saturated rings. The molecule has 17 heavy (non-hydrogen) atoms. The van der Waals surface area contributed by atoms with Crippen molar-refractivity contribution in [2.24, 2.45) is 0 Å². The minimum Gasteiger partial charge on any atom is -0.389 e. The maximum atomic E-state index is 10.2. The van der Waals surface area contributed by atoms with Crippen molar-refractivity contribution in [3.63, 3.8) is 0 Å². The van der Waals surface area contributed by atoms with Crippen molar-refractivity contribution >= 4 is 5.78 Å². The lowest BCUT2D eigenvalue weighted by Crippen LogP contribution is -2.22. The third-order valence-electron chi connectivity index (χ3n) is 2.43. The third kappa shape index (κ3) is 17.8. The van der Waals surface area contributed by atoms with Gasteiger partial charge in [-0.2, -0.15) is 0 Å². The van der Waals surface area contributed by atoms with Crippen LogP contribution in [0.25, 0.3) is 0 Å². The summed E-state index contributed by atoms with van der Waals surface area (Å²) in [6, 6.07) is 0. The molecule has 0 aliphatic heterocycles. The second-order valence-electron chi connectivity index (χ2n) is 4.79. The standard InChI is InChI=1S/C9H16O.C6H12O/c1-4-6-8-9(3,10)7-5-2;1-3-4-5-6(2)7/h2,10H,4,6-8H2,1,3H3;3-5H2,1-2H3. The van der Waals surface area contributed by atoms with Gasteiger partial charge in [-0.05, 0) is 26.7 Å². The van der Waals surface area contributed by atoms with Crippen LogP contribution >= 0.6 is 0 Å². The van der Waals surface area contributed by atoms with Gasteiger partial charge in [0.2, 0.25) is 0 Å². The number of aliphatic hydroxyl groups is 1. The van der Waals surface area contributed by atoms with Crippen LogP contribution in [0.5, 0.6) is 0 Å². The van der Waals surface area contributed by atoms with Gasteiger partial charge in [-0.25, -0.2) is 0 Å². The van der Waals surface area contributed by atoms with Gasteiger partial charge in [-0.15, -0.1) is 12.3 Å². The normalized spacial score (nSPS) is 12.9. The van der Waals surface area contributed by atoms with Crippen LogP contribution < -0.4 is 0 Å². The predicted octanol–water partition coefficient (Wildman–Crippen LogP) is 3.72. The summed E-state index contributed by atoms with van der Waals surface area (Å²) in [5.74, 6) is 2.77. The number of hydrogen-bond donors (Lipinski definition) is 1. The Hall–Kier alpha value is -0.810. The quantitative estimate of drug-likeness (QED) is 0.689. The highest BCUT2D eigenvalue weighted by atomic mass is 16.3. The Labute approximate surface area is 107 Å². The first-order valence-electron chi connectivity index (χ1n) is 6.54. The number of terminal acetylenes is 1. The Bertz CT molecular complexity index is 224. The smallest absolute Gasteiger partial charge is 0.129 e. The van der Waals surface area contributed by atoms with Crippen LogP contribution in [0.3, 0.4) is 0 Å². The number of hydrogen-bond acceptors (Lipinski definition) is 2. The van der Waals surface area contributed by atoms with E-state index in [4.69, 9.17) is 6.42 Å². The van der Waals surface area contributed by atoms with Gasteiger partial charge in [0.25, 0.3) is 0 Å². The molecule has 0 rings (SSSR count). The molecule has 0 aromatic carbocycles. The molecule has 0 radical (unpaired) electrons. The van der Waals surface area contributed by atoms with Crippen molar-refractivity contribution in [2.45, 2.75) is 78.2 Å². The summed E-state index contributed by atoms with van der Waals surface area (Å²) in [6.07, 6.45) is 11.5. The van der Waals surface area contributed by atoms with Gasteiger partial charge in [-0.3, -0.25) is 0 Å². The van der Waals surface area contributed by atoms with Gasteiger partial charge in [-0.1, -0.05) is 33.1 Å². The van der Waals surface area contributed by atoms with Crippen molar-refractivity contribution in [1.82, 2.24) is 0 Å². The first-order valence-corrected chi connectivity index (χ1v) is 6.54. The van der Waals surface area contributed by atoms with Crippen LogP contribution in [-0.2, 0) is 4.79 Å². The summed E-state index contributed by atoms with van der Waals surface area (Å²) >= 11 is 0. The van der Waals surface area contributed by atoms with E-state index in [1.54, 1.807) is 13.8 Å². The van der Waals surface area contributed by atoms with Gasteiger partial charge >= 0.3 is 0 Å². The van der Waals surface area contributed by atoms with E-state index in [0.717, 1.165) is 38.5 Å². The van der Waals surface area contributed by atoms with E-state index in [1.807, 2.05) is 0 Å². The molecule has 0 spiro atoms.